The molecule has 1 aromatic rings. The van der Waals surface area contributed by atoms with Gasteiger partial charge in [0.05, 0.1) is 17.2 Å². The molecule has 0 amide bonds. The molecule has 2 heterocycles. The van der Waals surface area contributed by atoms with Crippen LogP contribution in [0.3, 0.4) is 0 Å². The molecule has 0 aliphatic carbocycles. The van der Waals surface area contributed by atoms with Gasteiger partial charge < -0.3 is 9.47 Å². The quantitative estimate of drug-likeness (QED) is 0.665. The third kappa shape index (κ3) is 3.07. The summed E-state index contributed by atoms with van der Waals surface area (Å²) in [6.07, 6.45) is 2.72. The second-order valence-electron chi connectivity index (χ2n) is 5.90. The number of hydrazine groups is 1. The van der Waals surface area contributed by atoms with Gasteiger partial charge in [0.2, 0.25) is 0 Å². The van der Waals surface area contributed by atoms with Gasteiger partial charge in [0.25, 0.3) is 0 Å². The van der Waals surface area contributed by atoms with Crippen LogP contribution in [-0.2, 0) is 9.47 Å². The summed E-state index contributed by atoms with van der Waals surface area (Å²) in [4.78, 5) is 0. The lowest BCUT2D eigenvalue weighted by molar-refractivity contribution is -0.103. The van der Waals surface area contributed by atoms with Gasteiger partial charge in [-0.25, -0.2) is 4.39 Å². The Morgan fingerprint density at radius 3 is 2.95 bits per heavy atom. The molecule has 3 unspecified atom stereocenters. The van der Waals surface area contributed by atoms with Crippen LogP contribution >= 0.6 is 11.6 Å². The molecule has 4 nitrogen and oxygen atoms in total. The lowest BCUT2D eigenvalue weighted by atomic mass is 9.79. The predicted molar refractivity (Wildman–Crippen MR) is 78.3 cm³/mol. The molecule has 3 N–H and O–H groups in total. The zero-order valence-corrected chi connectivity index (χ0v) is 12.5. The Hall–Kier alpha value is -0.720. The van der Waals surface area contributed by atoms with Crippen molar-refractivity contribution in [3.63, 3.8) is 0 Å². The molecule has 2 saturated heterocycles. The van der Waals surface area contributed by atoms with E-state index in [2.05, 4.69) is 5.43 Å². The van der Waals surface area contributed by atoms with Crippen molar-refractivity contribution in [3.8, 4) is 0 Å². The molecular formula is C15H20ClFN2O2. The van der Waals surface area contributed by atoms with Crippen molar-refractivity contribution in [3.05, 3.63) is 34.6 Å². The fourth-order valence-corrected chi connectivity index (χ4v) is 3.61. The van der Waals surface area contributed by atoms with E-state index in [1.54, 1.807) is 12.1 Å². The maximum atomic E-state index is 13.3. The number of hydrogen-bond donors (Lipinski definition) is 2. The summed E-state index contributed by atoms with van der Waals surface area (Å²) >= 11 is 5.89. The lowest BCUT2D eigenvalue weighted by Crippen LogP contribution is -2.45. The molecule has 6 heteroatoms. The molecule has 2 fully saturated rings. The Morgan fingerprint density at radius 1 is 1.43 bits per heavy atom. The topological polar surface area (TPSA) is 56.5 Å². The van der Waals surface area contributed by atoms with Gasteiger partial charge in [-0.2, -0.15) is 0 Å². The third-order valence-electron chi connectivity index (χ3n) is 4.55. The van der Waals surface area contributed by atoms with Crippen molar-refractivity contribution in [1.29, 1.82) is 0 Å². The fraction of sp³-hybridized carbons (Fsp3) is 0.600. The molecule has 3 atom stereocenters. The van der Waals surface area contributed by atoms with E-state index in [0.29, 0.717) is 19.1 Å². The minimum Gasteiger partial charge on any atom is -0.378 e. The van der Waals surface area contributed by atoms with Gasteiger partial charge in [0.1, 0.15) is 5.82 Å². The van der Waals surface area contributed by atoms with Crippen LogP contribution in [-0.4, -0.2) is 25.4 Å². The maximum Gasteiger partial charge on any atom is 0.141 e. The highest BCUT2D eigenvalue weighted by atomic mass is 35.5. The summed E-state index contributed by atoms with van der Waals surface area (Å²) in [6.45, 7) is 2.09. The first kappa shape index (κ1) is 15.2. The highest BCUT2D eigenvalue weighted by Crippen LogP contribution is 2.41. The van der Waals surface area contributed by atoms with Crippen molar-refractivity contribution in [2.45, 2.75) is 30.9 Å². The molecule has 1 aromatic carbocycles. The number of nitrogens with one attached hydrogen (secondary N) is 1. The standard InChI is InChI=1S/C15H20ClFN2O2/c16-12-7-10(1-2-13(12)17)14(19-18)11-3-5-21-15(8-11)4-6-20-9-15/h1-2,7,11,14,19H,3-6,8-9,18H2. The van der Waals surface area contributed by atoms with E-state index in [1.165, 1.54) is 6.07 Å². The summed E-state index contributed by atoms with van der Waals surface area (Å²) in [5.74, 6) is 5.65. The molecule has 21 heavy (non-hydrogen) atoms. The van der Waals surface area contributed by atoms with Crippen LogP contribution < -0.4 is 11.3 Å². The number of halogens is 2. The zero-order valence-electron chi connectivity index (χ0n) is 11.8. The van der Waals surface area contributed by atoms with Gasteiger partial charge in [-0.1, -0.05) is 17.7 Å². The molecule has 0 saturated carbocycles. The SMILES string of the molecule is NNC(c1ccc(F)c(Cl)c1)C1CCOC2(CCOC2)C1. The lowest BCUT2D eigenvalue weighted by Gasteiger charge is -2.40. The van der Waals surface area contributed by atoms with Crippen LogP contribution in [0.5, 0.6) is 0 Å². The molecule has 0 radical (unpaired) electrons. The van der Waals surface area contributed by atoms with E-state index >= 15 is 0 Å². The predicted octanol–water partition coefficient (Wildman–Crippen LogP) is 2.57. The Kier molecular flexibility index (Phi) is 4.47. The van der Waals surface area contributed by atoms with Crippen LogP contribution in [0.25, 0.3) is 0 Å². The van der Waals surface area contributed by atoms with E-state index in [9.17, 15) is 4.39 Å². The highest BCUT2D eigenvalue weighted by Gasteiger charge is 2.43. The Labute approximate surface area is 128 Å². The van der Waals surface area contributed by atoms with Gasteiger partial charge in [0.15, 0.2) is 0 Å². The second-order valence-corrected chi connectivity index (χ2v) is 6.31. The van der Waals surface area contributed by atoms with E-state index in [0.717, 1.165) is 31.4 Å². The fourth-order valence-electron chi connectivity index (χ4n) is 3.42. The van der Waals surface area contributed by atoms with Crippen molar-refractivity contribution in [2.24, 2.45) is 11.8 Å². The van der Waals surface area contributed by atoms with Crippen molar-refractivity contribution < 1.29 is 13.9 Å². The first-order valence-electron chi connectivity index (χ1n) is 7.26. The van der Waals surface area contributed by atoms with Crippen molar-refractivity contribution in [2.75, 3.05) is 19.8 Å². The summed E-state index contributed by atoms with van der Waals surface area (Å²) in [7, 11) is 0. The monoisotopic (exact) mass is 314 g/mol. The van der Waals surface area contributed by atoms with Crippen molar-refractivity contribution >= 4 is 11.6 Å². The molecular weight excluding hydrogens is 295 g/mol. The number of rotatable bonds is 3. The summed E-state index contributed by atoms with van der Waals surface area (Å²) < 4.78 is 24.8. The number of benzene rings is 1. The van der Waals surface area contributed by atoms with Crippen LogP contribution in [0, 0.1) is 11.7 Å². The summed E-state index contributed by atoms with van der Waals surface area (Å²) in [6, 6.07) is 4.70. The molecule has 2 aliphatic heterocycles. The zero-order chi connectivity index (χ0) is 14.9. The average Bonchev–Trinajstić information content (AvgIpc) is 2.91. The first-order chi connectivity index (χ1) is 10.1. The van der Waals surface area contributed by atoms with Gasteiger partial charge in [-0.3, -0.25) is 11.3 Å². The summed E-state index contributed by atoms with van der Waals surface area (Å²) in [5, 5.41) is 0.124. The minimum atomic E-state index is -0.413. The van der Waals surface area contributed by atoms with Crippen LogP contribution in [0.2, 0.25) is 5.02 Å². The smallest absolute Gasteiger partial charge is 0.141 e. The van der Waals surface area contributed by atoms with Crippen molar-refractivity contribution in [1.82, 2.24) is 5.43 Å². The van der Waals surface area contributed by atoms with Gasteiger partial charge in [-0.05, 0) is 36.5 Å². The summed E-state index contributed by atoms with van der Waals surface area (Å²) in [5.41, 5.74) is 3.59. The van der Waals surface area contributed by atoms with Crippen LogP contribution in [0.15, 0.2) is 18.2 Å². The normalized spacial score (nSPS) is 30.7. The average molecular weight is 315 g/mol. The number of hydrogen-bond acceptors (Lipinski definition) is 4. The van der Waals surface area contributed by atoms with Gasteiger partial charge in [0, 0.05) is 25.7 Å². The molecule has 116 valence electrons. The number of ether oxygens (including phenoxy) is 2. The van der Waals surface area contributed by atoms with E-state index in [1.807, 2.05) is 0 Å². The molecule has 0 aromatic heterocycles. The van der Waals surface area contributed by atoms with Gasteiger partial charge >= 0.3 is 0 Å². The second kappa shape index (κ2) is 6.18. The van der Waals surface area contributed by atoms with E-state index in [4.69, 9.17) is 26.9 Å². The molecule has 3 rings (SSSR count). The highest BCUT2D eigenvalue weighted by molar-refractivity contribution is 6.30. The van der Waals surface area contributed by atoms with Crippen LogP contribution in [0.1, 0.15) is 30.9 Å². The van der Waals surface area contributed by atoms with E-state index in [-0.39, 0.29) is 16.7 Å². The maximum absolute atomic E-state index is 13.3. The molecule has 0 bridgehead atoms. The third-order valence-corrected chi connectivity index (χ3v) is 4.84. The largest absolute Gasteiger partial charge is 0.378 e. The van der Waals surface area contributed by atoms with Gasteiger partial charge in [-0.15, -0.1) is 0 Å². The Morgan fingerprint density at radius 2 is 2.29 bits per heavy atom. The van der Waals surface area contributed by atoms with Crippen LogP contribution in [0.4, 0.5) is 4.39 Å². The number of nitrogens with two attached hydrogens (primary N) is 1. The van der Waals surface area contributed by atoms with E-state index < -0.39 is 5.82 Å². The molecule has 2 aliphatic rings. The minimum absolute atomic E-state index is 0.0653. The first-order valence-corrected chi connectivity index (χ1v) is 7.64. The Balaban J connectivity index is 1.80. The Bertz CT molecular complexity index is 508. The molecule has 1 spiro atoms.